The van der Waals surface area contributed by atoms with Gasteiger partial charge in [0.2, 0.25) is 0 Å². The van der Waals surface area contributed by atoms with Crippen LogP contribution in [0.3, 0.4) is 0 Å². The average molecular weight is 500 g/mol. The van der Waals surface area contributed by atoms with Crippen LogP contribution in [0.25, 0.3) is 6.08 Å². The third kappa shape index (κ3) is 5.08. The van der Waals surface area contributed by atoms with E-state index in [2.05, 4.69) is 0 Å². The van der Waals surface area contributed by atoms with Crippen LogP contribution >= 0.6 is 35.6 Å². The lowest BCUT2D eigenvalue weighted by molar-refractivity contribution is -0.113. The van der Waals surface area contributed by atoms with E-state index in [0.29, 0.717) is 32.0 Å². The first-order valence-corrected chi connectivity index (χ1v) is 11.2. The number of hydrogen-bond acceptors (Lipinski definition) is 6. The number of esters is 1. The molecule has 166 valence electrons. The number of carbonyl (C=O) groups excluding carboxylic acids is 2. The predicted octanol–water partition coefficient (Wildman–Crippen LogP) is 6.11. The van der Waals surface area contributed by atoms with Crippen molar-refractivity contribution in [3.8, 4) is 11.5 Å². The van der Waals surface area contributed by atoms with Crippen LogP contribution in [0.1, 0.15) is 15.9 Å². The third-order valence-corrected chi connectivity index (χ3v) is 6.26. The molecule has 33 heavy (non-hydrogen) atoms. The highest BCUT2D eigenvalue weighted by Crippen LogP contribution is 2.37. The molecule has 1 amide bonds. The molecule has 9 heteroatoms. The number of rotatable bonds is 5. The summed E-state index contributed by atoms with van der Waals surface area (Å²) >= 11 is 12.3. The molecule has 1 heterocycles. The van der Waals surface area contributed by atoms with Gasteiger partial charge in [-0.2, -0.15) is 0 Å². The maximum Gasteiger partial charge on any atom is 0.343 e. The Hall–Kier alpha value is -3.20. The fraction of sp³-hybridized carbons (Fsp3) is 0.0417. The standard InChI is InChI=1S/C24H15ClFNO4S2/c1-30-17-9-4-15(5-10-17)23(29)31-18-7-2-14(3-8-18)12-21-22(28)27(24(32)33-21)16-6-11-20(26)19(25)13-16/h2-13H,1H3/b21-12+. The lowest BCUT2D eigenvalue weighted by atomic mass is 10.2. The van der Waals surface area contributed by atoms with Crippen molar-refractivity contribution in [3.63, 3.8) is 0 Å². The van der Waals surface area contributed by atoms with Gasteiger partial charge < -0.3 is 9.47 Å². The zero-order valence-electron chi connectivity index (χ0n) is 17.1. The summed E-state index contributed by atoms with van der Waals surface area (Å²) in [7, 11) is 1.55. The number of amides is 1. The fourth-order valence-electron chi connectivity index (χ4n) is 2.99. The molecule has 1 aliphatic rings. The molecule has 4 rings (SSSR count). The molecular weight excluding hydrogens is 485 g/mol. The SMILES string of the molecule is COc1ccc(C(=O)Oc2ccc(/C=C3/SC(=S)N(c4ccc(F)c(Cl)c4)C3=O)cc2)cc1. The largest absolute Gasteiger partial charge is 0.497 e. The van der Waals surface area contributed by atoms with Crippen LogP contribution in [-0.4, -0.2) is 23.3 Å². The molecule has 0 aromatic heterocycles. The average Bonchev–Trinajstić information content (AvgIpc) is 3.09. The van der Waals surface area contributed by atoms with Crippen molar-refractivity contribution in [2.45, 2.75) is 0 Å². The molecule has 3 aromatic rings. The van der Waals surface area contributed by atoms with Crippen molar-refractivity contribution < 1.29 is 23.5 Å². The zero-order chi connectivity index (χ0) is 23.5. The molecule has 0 spiro atoms. The summed E-state index contributed by atoms with van der Waals surface area (Å²) in [4.78, 5) is 26.9. The highest BCUT2D eigenvalue weighted by Gasteiger charge is 2.33. The number of carbonyl (C=O) groups is 2. The molecule has 3 aromatic carbocycles. The van der Waals surface area contributed by atoms with Gasteiger partial charge in [-0.3, -0.25) is 9.69 Å². The Bertz CT molecular complexity index is 1280. The minimum absolute atomic E-state index is 0.0923. The van der Waals surface area contributed by atoms with Crippen molar-refractivity contribution in [3.05, 3.63) is 93.6 Å². The molecule has 0 unspecified atom stereocenters. The number of ether oxygens (including phenoxy) is 2. The van der Waals surface area contributed by atoms with E-state index < -0.39 is 11.8 Å². The minimum Gasteiger partial charge on any atom is -0.497 e. The second kappa shape index (κ2) is 9.74. The Morgan fingerprint density at radius 2 is 1.73 bits per heavy atom. The number of nitrogens with zero attached hydrogens (tertiary/aromatic N) is 1. The Kier molecular flexibility index (Phi) is 6.78. The summed E-state index contributed by atoms with van der Waals surface area (Å²) < 4.78 is 24.2. The number of thioether (sulfide) groups is 1. The van der Waals surface area contributed by atoms with Gasteiger partial charge in [-0.15, -0.1) is 0 Å². The van der Waals surface area contributed by atoms with Crippen LogP contribution in [0.15, 0.2) is 71.6 Å². The van der Waals surface area contributed by atoms with E-state index in [9.17, 15) is 14.0 Å². The van der Waals surface area contributed by atoms with Crippen molar-refractivity contribution >= 4 is 63.5 Å². The fourth-order valence-corrected chi connectivity index (χ4v) is 4.46. The van der Waals surface area contributed by atoms with E-state index in [0.717, 1.165) is 17.3 Å². The number of thiocarbonyl (C=S) groups is 1. The molecular formula is C24H15ClFNO4S2. The molecule has 1 saturated heterocycles. The van der Waals surface area contributed by atoms with E-state index in [1.54, 1.807) is 61.7 Å². The second-order valence-corrected chi connectivity index (χ2v) is 8.89. The van der Waals surface area contributed by atoms with E-state index >= 15 is 0 Å². The second-order valence-electron chi connectivity index (χ2n) is 6.80. The highest BCUT2D eigenvalue weighted by molar-refractivity contribution is 8.27. The lowest BCUT2D eigenvalue weighted by Crippen LogP contribution is -2.27. The molecule has 5 nitrogen and oxygen atoms in total. The van der Waals surface area contributed by atoms with Crippen molar-refractivity contribution in [2.24, 2.45) is 0 Å². The zero-order valence-corrected chi connectivity index (χ0v) is 19.5. The van der Waals surface area contributed by atoms with Gasteiger partial charge in [-0.05, 0) is 66.2 Å². The molecule has 1 fully saturated rings. The summed E-state index contributed by atoms with van der Waals surface area (Å²) in [6, 6.07) is 17.3. The van der Waals surface area contributed by atoms with Gasteiger partial charge in [-0.25, -0.2) is 9.18 Å². The van der Waals surface area contributed by atoms with Crippen LogP contribution in [0.2, 0.25) is 5.02 Å². The predicted molar refractivity (Wildman–Crippen MR) is 131 cm³/mol. The van der Waals surface area contributed by atoms with Crippen molar-refractivity contribution in [1.29, 1.82) is 0 Å². The van der Waals surface area contributed by atoms with Gasteiger partial charge in [0.25, 0.3) is 5.91 Å². The van der Waals surface area contributed by atoms with E-state index in [-0.39, 0.29) is 10.9 Å². The van der Waals surface area contributed by atoms with E-state index in [4.69, 9.17) is 33.3 Å². The van der Waals surface area contributed by atoms with Crippen molar-refractivity contribution in [1.82, 2.24) is 0 Å². The van der Waals surface area contributed by atoms with E-state index in [1.165, 1.54) is 23.1 Å². The number of halogens is 2. The minimum atomic E-state index is -0.575. The van der Waals surface area contributed by atoms with Crippen LogP contribution in [0.4, 0.5) is 10.1 Å². The van der Waals surface area contributed by atoms with Crippen LogP contribution in [0, 0.1) is 5.82 Å². The smallest absolute Gasteiger partial charge is 0.343 e. The summed E-state index contributed by atoms with van der Waals surface area (Å²) in [5, 5.41) is -0.0923. The number of methoxy groups -OCH3 is 1. The van der Waals surface area contributed by atoms with Crippen LogP contribution in [0.5, 0.6) is 11.5 Å². The van der Waals surface area contributed by atoms with Crippen molar-refractivity contribution in [2.75, 3.05) is 12.0 Å². The summed E-state index contributed by atoms with van der Waals surface area (Å²) in [5.74, 6) is -0.397. The summed E-state index contributed by atoms with van der Waals surface area (Å²) in [6.07, 6.45) is 1.68. The van der Waals surface area contributed by atoms with Gasteiger partial charge in [-0.1, -0.05) is 47.7 Å². The maximum absolute atomic E-state index is 13.5. The Balaban J connectivity index is 1.47. The Morgan fingerprint density at radius 3 is 2.36 bits per heavy atom. The third-order valence-electron chi connectivity index (χ3n) is 4.67. The monoisotopic (exact) mass is 499 g/mol. The van der Waals surface area contributed by atoms with Gasteiger partial charge in [0, 0.05) is 0 Å². The topological polar surface area (TPSA) is 55.8 Å². The van der Waals surface area contributed by atoms with Gasteiger partial charge in [0.15, 0.2) is 4.32 Å². The molecule has 1 aliphatic heterocycles. The molecule has 0 radical (unpaired) electrons. The number of anilines is 1. The Morgan fingerprint density at radius 1 is 1.06 bits per heavy atom. The number of hydrogen-bond donors (Lipinski definition) is 0. The molecule has 0 atom stereocenters. The molecule has 0 aliphatic carbocycles. The highest BCUT2D eigenvalue weighted by atomic mass is 35.5. The van der Waals surface area contributed by atoms with Crippen LogP contribution < -0.4 is 14.4 Å². The first kappa shape index (κ1) is 23.0. The lowest BCUT2D eigenvalue weighted by Gasteiger charge is -2.14. The first-order valence-electron chi connectivity index (χ1n) is 9.55. The van der Waals surface area contributed by atoms with Gasteiger partial charge >= 0.3 is 5.97 Å². The summed E-state index contributed by atoms with van der Waals surface area (Å²) in [6.45, 7) is 0. The molecule has 0 bridgehead atoms. The van der Waals surface area contributed by atoms with Crippen LogP contribution in [-0.2, 0) is 4.79 Å². The maximum atomic E-state index is 13.5. The summed E-state index contributed by atoms with van der Waals surface area (Å²) in [5.41, 5.74) is 1.51. The molecule has 0 N–H and O–H groups in total. The first-order chi connectivity index (χ1) is 15.9. The molecule has 0 saturated carbocycles. The Labute approximate surface area is 203 Å². The normalized spacial score (nSPS) is 14.6. The van der Waals surface area contributed by atoms with E-state index in [1.807, 2.05) is 0 Å². The number of benzene rings is 3. The van der Waals surface area contributed by atoms with Gasteiger partial charge in [0.05, 0.1) is 28.3 Å². The quantitative estimate of drug-likeness (QED) is 0.183. The van der Waals surface area contributed by atoms with Gasteiger partial charge in [0.1, 0.15) is 17.3 Å².